The van der Waals surface area contributed by atoms with Crippen LogP contribution in [0.3, 0.4) is 0 Å². The van der Waals surface area contributed by atoms with Crippen LogP contribution in [-0.2, 0) is 4.79 Å². The average Bonchev–Trinajstić information content (AvgIpc) is 3.08. The Bertz CT molecular complexity index is 656. The molecule has 3 N–H and O–H groups in total. The molecule has 0 radical (unpaired) electrons. The molecule has 2 amide bonds. The van der Waals surface area contributed by atoms with Crippen molar-refractivity contribution in [2.75, 3.05) is 18.4 Å². The number of carbonyl (C=O) groups is 2. The molecule has 0 saturated carbocycles. The molecular weight excluding hydrogens is 374 g/mol. The van der Waals surface area contributed by atoms with E-state index in [1.54, 1.807) is 12.1 Å². The molecule has 0 bridgehead atoms. The molecule has 0 saturated heterocycles. The average molecular weight is 394 g/mol. The van der Waals surface area contributed by atoms with Gasteiger partial charge < -0.3 is 20.4 Å². The normalized spacial score (nSPS) is 11.8. The third kappa shape index (κ3) is 6.17. The van der Waals surface area contributed by atoms with Crippen molar-refractivity contribution in [2.45, 2.75) is 19.4 Å². The molecule has 0 fully saturated rings. The summed E-state index contributed by atoms with van der Waals surface area (Å²) in [5.74, 6) is -0.0173. The van der Waals surface area contributed by atoms with Crippen LogP contribution in [0.15, 0.2) is 51.6 Å². The molecular formula is C17H20BrN3O3. The lowest BCUT2D eigenvalue weighted by Gasteiger charge is -2.14. The van der Waals surface area contributed by atoms with Gasteiger partial charge in [-0.2, -0.15) is 0 Å². The fraction of sp³-hybridized carbons (Fsp3) is 0.294. The zero-order valence-corrected chi connectivity index (χ0v) is 14.9. The number of rotatable bonds is 8. The SMILES string of the molecule is CC(CC(=O)Nc1ccc(Br)cc1)NCCNC(=O)c1ccco1. The zero-order chi connectivity index (χ0) is 17.4. The maximum Gasteiger partial charge on any atom is 0.287 e. The van der Waals surface area contributed by atoms with Crippen LogP contribution >= 0.6 is 15.9 Å². The van der Waals surface area contributed by atoms with Crippen molar-refractivity contribution in [3.05, 3.63) is 52.9 Å². The van der Waals surface area contributed by atoms with Crippen LogP contribution in [0.1, 0.15) is 23.9 Å². The summed E-state index contributed by atoms with van der Waals surface area (Å²) in [7, 11) is 0. The van der Waals surface area contributed by atoms with Crippen LogP contribution in [0.25, 0.3) is 0 Å². The molecule has 0 spiro atoms. The second-order valence-electron chi connectivity index (χ2n) is 5.35. The summed E-state index contributed by atoms with van der Waals surface area (Å²) in [5, 5.41) is 8.78. The highest BCUT2D eigenvalue weighted by atomic mass is 79.9. The molecule has 2 rings (SSSR count). The van der Waals surface area contributed by atoms with Gasteiger partial charge in [0.15, 0.2) is 5.76 Å². The minimum Gasteiger partial charge on any atom is -0.459 e. The first-order valence-corrected chi connectivity index (χ1v) is 8.44. The smallest absolute Gasteiger partial charge is 0.287 e. The fourth-order valence-corrected chi connectivity index (χ4v) is 2.35. The van der Waals surface area contributed by atoms with E-state index >= 15 is 0 Å². The van der Waals surface area contributed by atoms with Gasteiger partial charge in [0.05, 0.1) is 6.26 Å². The second-order valence-corrected chi connectivity index (χ2v) is 6.26. The largest absolute Gasteiger partial charge is 0.459 e. The maximum absolute atomic E-state index is 12.0. The zero-order valence-electron chi connectivity index (χ0n) is 13.3. The first-order valence-electron chi connectivity index (χ1n) is 7.65. The standard InChI is InChI=1S/C17H20BrN3O3/c1-12(11-16(22)21-14-6-4-13(18)5-7-14)19-8-9-20-17(23)15-3-2-10-24-15/h2-7,10,12,19H,8-9,11H2,1H3,(H,20,23)(H,21,22). The third-order valence-electron chi connectivity index (χ3n) is 3.27. The van der Waals surface area contributed by atoms with Gasteiger partial charge in [-0.1, -0.05) is 15.9 Å². The van der Waals surface area contributed by atoms with Gasteiger partial charge in [-0.05, 0) is 43.3 Å². The molecule has 2 aromatic rings. The Labute approximate surface area is 149 Å². The van der Waals surface area contributed by atoms with Gasteiger partial charge in [0.2, 0.25) is 5.91 Å². The number of nitrogens with one attached hydrogen (secondary N) is 3. The van der Waals surface area contributed by atoms with E-state index in [9.17, 15) is 9.59 Å². The van der Waals surface area contributed by atoms with E-state index in [2.05, 4.69) is 31.9 Å². The Hall–Kier alpha value is -2.12. The van der Waals surface area contributed by atoms with Crippen molar-refractivity contribution in [1.29, 1.82) is 0 Å². The molecule has 6 nitrogen and oxygen atoms in total. The van der Waals surface area contributed by atoms with E-state index in [0.29, 0.717) is 19.5 Å². The molecule has 0 aliphatic carbocycles. The maximum atomic E-state index is 12.0. The Morgan fingerprint density at radius 1 is 1.17 bits per heavy atom. The van der Waals surface area contributed by atoms with Crippen molar-refractivity contribution in [3.63, 3.8) is 0 Å². The first kappa shape index (κ1) is 18.2. The van der Waals surface area contributed by atoms with Crippen LogP contribution in [0.5, 0.6) is 0 Å². The molecule has 1 unspecified atom stereocenters. The van der Waals surface area contributed by atoms with Crippen LogP contribution < -0.4 is 16.0 Å². The predicted molar refractivity (Wildman–Crippen MR) is 95.9 cm³/mol. The predicted octanol–water partition coefficient (Wildman–Crippen LogP) is 2.78. The lowest BCUT2D eigenvalue weighted by atomic mass is 10.2. The summed E-state index contributed by atoms with van der Waals surface area (Å²) in [4.78, 5) is 23.6. The van der Waals surface area contributed by atoms with Crippen LogP contribution in [0, 0.1) is 0 Å². The molecule has 0 aliphatic heterocycles. The van der Waals surface area contributed by atoms with E-state index in [1.807, 2.05) is 31.2 Å². The highest BCUT2D eigenvalue weighted by molar-refractivity contribution is 9.10. The summed E-state index contributed by atoms with van der Waals surface area (Å²) < 4.78 is 5.97. The van der Waals surface area contributed by atoms with E-state index in [1.165, 1.54) is 6.26 Å². The summed E-state index contributed by atoms with van der Waals surface area (Å²) in [6.45, 7) is 2.95. The van der Waals surface area contributed by atoms with E-state index in [4.69, 9.17) is 4.42 Å². The lowest BCUT2D eigenvalue weighted by molar-refractivity contribution is -0.116. The molecule has 1 aromatic heterocycles. The van der Waals surface area contributed by atoms with Gasteiger partial charge >= 0.3 is 0 Å². The Kier molecular flexibility index (Phi) is 7.02. The number of furan rings is 1. The topological polar surface area (TPSA) is 83.4 Å². The molecule has 128 valence electrons. The number of carbonyl (C=O) groups excluding carboxylic acids is 2. The van der Waals surface area contributed by atoms with Gasteiger partial charge in [-0.25, -0.2) is 0 Å². The number of hydrogen-bond acceptors (Lipinski definition) is 4. The summed E-state index contributed by atoms with van der Waals surface area (Å²) in [5.41, 5.74) is 0.765. The molecule has 7 heteroatoms. The Balaban J connectivity index is 1.62. The van der Waals surface area contributed by atoms with Crippen LogP contribution in [-0.4, -0.2) is 30.9 Å². The minimum absolute atomic E-state index is 0.000892. The van der Waals surface area contributed by atoms with E-state index < -0.39 is 0 Å². The number of halogens is 1. The van der Waals surface area contributed by atoms with Crippen molar-refractivity contribution < 1.29 is 14.0 Å². The van der Waals surface area contributed by atoms with Crippen molar-refractivity contribution in [2.24, 2.45) is 0 Å². The fourth-order valence-electron chi connectivity index (χ4n) is 2.08. The summed E-state index contributed by atoms with van der Waals surface area (Å²) >= 11 is 3.35. The Morgan fingerprint density at radius 3 is 2.58 bits per heavy atom. The number of amides is 2. The highest BCUT2D eigenvalue weighted by Gasteiger charge is 2.10. The summed E-state index contributed by atoms with van der Waals surface area (Å²) in [6.07, 6.45) is 1.81. The number of benzene rings is 1. The Morgan fingerprint density at radius 2 is 1.92 bits per heavy atom. The third-order valence-corrected chi connectivity index (χ3v) is 3.80. The van der Waals surface area contributed by atoms with Crippen molar-refractivity contribution in [3.8, 4) is 0 Å². The second kappa shape index (κ2) is 9.24. The molecule has 0 aliphatic rings. The van der Waals surface area contributed by atoms with Crippen LogP contribution in [0.4, 0.5) is 5.69 Å². The van der Waals surface area contributed by atoms with Crippen molar-refractivity contribution in [1.82, 2.24) is 10.6 Å². The first-order chi connectivity index (χ1) is 11.5. The molecule has 1 atom stereocenters. The molecule has 1 aromatic carbocycles. The van der Waals surface area contributed by atoms with E-state index in [-0.39, 0.29) is 23.6 Å². The quantitative estimate of drug-likeness (QED) is 0.602. The van der Waals surface area contributed by atoms with E-state index in [0.717, 1.165) is 10.2 Å². The monoisotopic (exact) mass is 393 g/mol. The van der Waals surface area contributed by atoms with Crippen molar-refractivity contribution >= 4 is 33.4 Å². The van der Waals surface area contributed by atoms with Gasteiger partial charge in [-0.3, -0.25) is 9.59 Å². The lowest BCUT2D eigenvalue weighted by Crippen LogP contribution is -2.37. The minimum atomic E-state index is -0.248. The van der Waals surface area contributed by atoms with Gasteiger partial charge in [0, 0.05) is 35.7 Å². The number of anilines is 1. The molecule has 24 heavy (non-hydrogen) atoms. The van der Waals surface area contributed by atoms with Crippen LogP contribution in [0.2, 0.25) is 0 Å². The summed E-state index contributed by atoms with van der Waals surface area (Å²) in [6, 6.07) is 10.7. The molecule has 1 heterocycles. The van der Waals surface area contributed by atoms with Gasteiger partial charge in [0.25, 0.3) is 5.91 Å². The van der Waals surface area contributed by atoms with Gasteiger partial charge in [0.1, 0.15) is 0 Å². The number of hydrogen-bond donors (Lipinski definition) is 3. The van der Waals surface area contributed by atoms with Gasteiger partial charge in [-0.15, -0.1) is 0 Å². The highest BCUT2D eigenvalue weighted by Crippen LogP contribution is 2.14.